The van der Waals surface area contributed by atoms with Crippen molar-refractivity contribution in [2.45, 2.75) is 12.8 Å². The summed E-state index contributed by atoms with van der Waals surface area (Å²) in [6.07, 6.45) is 1.32. The van der Waals surface area contributed by atoms with Gasteiger partial charge in [0.15, 0.2) is 0 Å². The Bertz CT molecular complexity index is 596. The monoisotopic (exact) mass is 285 g/mol. The van der Waals surface area contributed by atoms with E-state index < -0.39 is 16.0 Å². The third-order valence-electron chi connectivity index (χ3n) is 3.05. The van der Waals surface area contributed by atoms with E-state index in [1.165, 1.54) is 29.6 Å². The zero-order chi connectivity index (χ0) is 14.0. The Morgan fingerprint density at radius 2 is 2.11 bits per heavy atom. The number of nitrogens with zero attached hydrogens (tertiary/aromatic N) is 1. The molecule has 0 saturated carbocycles. The van der Waals surface area contributed by atoms with Crippen LogP contribution in [0.1, 0.15) is 23.2 Å². The quantitative estimate of drug-likeness (QED) is 0.905. The molecule has 0 unspecified atom stereocenters. The van der Waals surface area contributed by atoms with Crippen LogP contribution in [0.3, 0.4) is 0 Å². The summed E-state index contributed by atoms with van der Waals surface area (Å²) < 4.78 is 30.3. The van der Waals surface area contributed by atoms with E-state index in [-0.39, 0.29) is 17.0 Å². The number of anilines is 1. The van der Waals surface area contributed by atoms with Gasteiger partial charge in [0, 0.05) is 12.6 Å². The molecule has 1 heterocycles. The Balaban J connectivity index is 2.55. The predicted octanol–water partition coefficient (Wildman–Crippen LogP) is 1.32. The Morgan fingerprint density at radius 3 is 2.68 bits per heavy atom. The molecule has 0 atom stereocenters. The lowest BCUT2D eigenvalue weighted by atomic mass is 10.1. The molecule has 2 rings (SSSR count). The minimum Gasteiger partial charge on any atom is -0.497 e. The van der Waals surface area contributed by atoms with Crippen molar-refractivity contribution in [3.63, 3.8) is 0 Å². The van der Waals surface area contributed by atoms with Crippen molar-refractivity contribution >= 4 is 21.7 Å². The van der Waals surface area contributed by atoms with Crippen molar-refractivity contribution in [1.29, 1.82) is 0 Å². The van der Waals surface area contributed by atoms with E-state index >= 15 is 0 Å². The molecule has 1 aliphatic rings. The number of carbonyl (C=O) groups is 1. The van der Waals surface area contributed by atoms with Crippen molar-refractivity contribution < 1.29 is 23.1 Å². The number of benzene rings is 1. The number of carboxylic acids is 1. The Kier molecular flexibility index (Phi) is 3.66. The fourth-order valence-electron chi connectivity index (χ4n) is 2.09. The largest absolute Gasteiger partial charge is 0.497 e. The second-order valence-electron chi connectivity index (χ2n) is 4.28. The molecule has 1 aromatic rings. The number of hydrogen-bond donors (Lipinski definition) is 1. The minimum atomic E-state index is -3.44. The smallest absolute Gasteiger partial charge is 0.337 e. The highest BCUT2D eigenvalue weighted by Gasteiger charge is 2.29. The summed E-state index contributed by atoms with van der Waals surface area (Å²) >= 11 is 0. The first kappa shape index (κ1) is 13.7. The first-order valence-electron chi connectivity index (χ1n) is 5.87. The summed E-state index contributed by atoms with van der Waals surface area (Å²) in [4.78, 5) is 11.2. The van der Waals surface area contributed by atoms with Gasteiger partial charge in [0.25, 0.3) is 0 Å². The van der Waals surface area contributed by atoms with E-state index in [0.29, 0.717) is 18.7 Å². The molecule has 104 valence electrons. The fraction of sp³-hybridized carbons (Fsp3) is 0.417. The summed E-state index contributed by atoms with van der Waals surface area (Å²) in [6.45, 7) is 0.301. The highest BCUT2D eigenvalue weighted by Crippen LogP contribution is 2.30. The number of rotatable bonds is 3. The van der Waals surface area contributed by atoms with Crippen LogP contribution < -0.4 is 9.04 Å². The van der Waals surface area contributed by atoms with Gasteiger partial charge in [-0.05, 0) is 25.0 Å². The molecule has 0 radical (unpaired) electrons. The van der Waals surface area contributed by atoms with Crippen LogP contribution in [0.25, 0.3) is 0 Å². The number of sulfonamides is 1. The Hall–Kier alpha value is -1.76. The standard InChI is InChI=1S/C12H15NO5S/c1-18-9-4-5-10(12(14)15)11(8-9)13-6-2-3-7-19(13,16)17/h4-5,8H,2-3,6-7H2,1H3,(H,14,15). The molecule has 1 fully saturated rings. The van der Waals surface area contributed by atoms with Crippen LogP contribution >= 0.6 is 0 Å². The van der Waals surface area contributed by atoms with Crippen molar-refractivity contribution in [3.05, 3.63) is 23.8 Å². The summed E-state index contributed by atoms with van der Waals surface area (Å²) in [5, 5.41) is 9.17. The van der Waals surface area contributed by atoms with Gasteiger partial charge in [-0.3, -0.25) is 4.31 Å². The zero-order valence-corrected chi connectivity index (χ0v) is 11.3. The highest BCUT2D eigenvalue weighted by molar-refractivity contribution is 7.92. The molecule has 0 bridgehead atoms. The van der Waals surface area contributed by atoms with Crippen LogP contribution in [-0.2, 0) is 10.0 Å². The lowest BCUT2D eigenvalue weighted by molar-refractivity contribution is 0.0697. The van der Waals surface area contributed by atoms with E-state index in [4.69, 9.17) is 9.84 Å². The summed E-state index contributed by atoms with van der Waals surface area (Å²) in [6, 6.07) is 4.32. The van der Waals surface area contributed by atoms with E-state index in [2.05, 4.69) is 0 Å². The molecule has 0 amide bonds. The van der Waals surface area contributed by atoms with Crippen molar-refractivity contribution in [3.8, 4) is 5.75 Å². The second kappa shape index (κ2) is 5.08. The Morgan fingerprint density at radius 1 is 1.37 bits per heavy atom. The van der Waals surface area contributed by atoms with Gasteiger partial charge in [0.2, 0.25) is 10.0 Å². The third-order valence-corrected chi connectivity index (χ3v) is 4.91. The van der Waals surface area contributed by atoms with E-state index in [0.717, 1.165) is 6.42 Å². The van der Waals surface area contributed by atoms with Gasteiger partial charge in [-0.1, -0.05) is 0 Å². The van der Waals surface area contributed by atoms with Crippen LogP contribution in [0.15, 0.2) is 18.2 Å². The minimum absolute atomic E-state index is 0.0359. The lowest BCUT2D eigenvalue weighted by Crippen LogP contribution is -2.38. The number of hydrogen-bond acceptors (Lipinski definition) is 4. The maximum Gasteiger partial charge on any atom is 0.337 e. The van der Waals surface area contributed by atoms with Crippen molar-refractivity contribution in [1.82, 2.24) is 0 Å². The van der Waals surface area contributed by atoms with Gasteiger partial charge < -0.3 is 9.84 Å². The SMILES string of the molecule is COc1ccc(C(=O)O)c(N2CCCCS2(=O)=O)c1. The summed E-state index contributed by atoms with van der Waals surface area (Å²) in [5.41, 5.74) is 0.137. The average Bonchev–Trinajstić information content (AvgIpc) is 2.37. The number of carboxylic acid groups (broad SMARTS) is 1. The molecule has 0 spiro atoms. The molecule has 0 aromatic heterocycles. The normalized spacial score (nSPS) is 18.1. The van der Waals surface area contributed by atoms with E-state index in [9.17, 15) is 13.2 Å². The summed E-state index contributed by atoms with van der Waals surface area (Å²) in [5.74, 6) is -0.678. The van der Waals surface area contributed by atoms with Crippen LogP contribution in [0.2, 0.25) is 0 Å². The van der Waals surface area contributed by atoms with E-state index in [1.54, 1.807) is 0 Å². The van der Waals surface area contributed by atoms with Crippen molar-refractivity contribution in [2.75, 3.05) is 23.7 Å². The molecular weight excluding hydrogens is 270 g/mol. The van der Waals surface area contributed by atoms with Crippen LogP contribution in [0.5, 0.6) is 5.75 Å². The first-order chi connectivity index (χ1) is 8.95. The molecule has 1 N–H and O–H groups in total. The predicted molar refractivity (Wildman–Crippen MR) is 70.3 cm³/mol. The molecule has 7 heteroatoms. The number of methoxy groups -OCH3 is 1. The first-order valence-corrected chi connectivity index (χ1v) is 7.48. The highest BCUT2D eigenvalue weighted by atomic mass is 32.2. The van der Waals surface area contributed by atoms with Gasteiger partial charge >= 0.3 is 5.97 Å². The summed E-state index contributed by atoms with van der Waals surface area (Å²) in [7, 11) is -1.99. The van der Waals surface area contributed by atoms with Crippen LogP contribution in [0.4, 0.5) is 5.69 Å². The molecule has 1 saturated heterocycles. The molecule has 19 heavy (non-hydrogen) atoms. The van der Waals surface area contributed by atoms with Gasteiger partial charge in [-0.15, -0.1) is 0 Å². The lowest BCUT2D eigenvalue weighted by Gasteiger charge is -2.29. The Labute approximate surface area is 111 Å². The van der Waals surface area contributed by atoms with Gasteiger partial charge in [0.1, 0.15) is 5.75 Å². The average molecular weight is 285 g/mol. The number of aromatic carboxylic acids is 1. The molecular formula is C12H15NO5S. The van der Waals surface area contributed by atoms with Gasteiger partial charge in [-0.2, -0.15) is 0 Å². The van der Waals surface area contributed by atoms with E-state index in [1.807, 2.05) is 0 Å². The van der Waals surface area contributed by atoms with Gasteiger partial charge in [0.05, 0.1) is 24.1 Å². The molecule has 6 nitrogen and oxygen atoms in total. The third kappa shape index (κ3) is 2.65. The van der Waals surface area contributed by atoms with Crippen LogP contribution in [-0.4, -0.2) is 38.9 Å². The maximum atomic E-state index is 12.0. The molecule has 1 aliphatic heterocycles. The van der Waals surface area contributed by atoms with Gasteiger partial charge in [-0.25, -0.2) is 13.2 Å². The number of ether oxygens (including phenoxy) is 1. The fourth-order valence-corrected chi connectivity index (χ4v) is 3.73. The molecule has 1 aromatic carbocycles. The van der Waals surface area contributed by atoms with Crippen molar-refractivity contribution in [2.24, 2.45) is 0 Å². The molecule has 0 aliphatic carbocycles. The topological polar surface area (TPSA) is 83.9 Å². The van der Waals surface area contributed by atoms with Crippen LogP contribution in [0, 0.1) is 0 Å². The zero-order valence-electron chi connectivity index (χ0n) is 10.5. The second-order valence-corrected chi connectivity index (χ2v) is 6.30. The maximum absolute atomic E-state index is 12.0.